The molecular weight excluding hydrogens is 320 g/mol. The highest BCUT2D eigenvalue weighted by atomic mass is 79.9. The van der Waals surface area contributed by atoms with E-state index in [1.807, 2.05) is 19.1 Å². The average Bonchev–Trinajstić information content (AvgIpc) is 2.68. The standard InChI is InChI=1S/C16H19BrOS/c1-10(2)7-12-5-4-6-13(9-12)15(18)14-8-11(3)16(17)19-14/h4-6,8-10,15,18H,7H2,1-3H3. The molecule has 0 aliphatic rings. The number of thiophene rings is 1. The Labute approximate surface area is 127 Å². The van der Waals surface area contributed by atoms with Gasteiger partial charge in [-0.1, -0.05) is 38.1 Å². The van der Waals surface area contributed by atoms with Gasteiger partial charge in [-0.2, -0.15) is 0 Å². The van der Waals surface area contributed by atoms with Crippen LogP contribution in [0.3, 0.4) is 0 Å². The third-order valence-electron chi connectivity index (χ3n) is 3.06. The Kier molecular flexibility index (Phi) is 4.82. The maximum Gasteiger partial charge on any atom is 0.113 e. The molecule has 1 N–H and O–H groups in total. The molecule has 1 aromatic carbocycles. The quantitative estimate of drug-likeness (QED) is 0.822. The van der Waals surface area contributed by atoms with Crippen molar-refractivity contribution in [1.82, 2.24) is 0 Å². The van der Waals surface area contributed by atoms with E-state index in [9.17, 15) is 5.11 Å². The Morgan fingerprint density at radius 2 is 2.00 bits per heavy atom. The highest BCUT2D eigenvalue weighted by Crippen LogP contribution is 2.34. The zero-order chi connectivity index (χ0) is 14.0. The summed E-state index contributed by atoms with van der Waals surface area (Å²) >= 11 is 5.12. The summed E-state index contributed by atoms with van der Waals surface area (Å²) in [5.74, 6) is 0.630. The van der Waals surface area contributed by atoms with Crippen LogP contribution in [0.5, 0.6) is 0 Å². The van der Waals surface area contributed by atoms with E-state index in [-0.39, 0.29) is 0 Å². The van der Waals surface area contributed by atoms with Gasteiger partial charge in [-0.05, 0) is 57.9 Å². The van der Waals surface area contributed by atoms with E-state index >= 15 is 0 Å². The molecule has 3 heteroatoms. The van der Waals surface area contributed by atoms with E-state index in [1.54, 1.807) is 11.3 Å². The lowest BCUT2D eigenvalue weighted by atomic mass is 9.98. The summed E-state index contributed by atoms with van der Waals surface area (Å²) in [6.45, 7) is 6.47. The maximum absolute atomic E-state index is 10.5. The third kappa shape index (κ3) is 3.68. The lowest BCUT2D eigenvalue weighted by molar-refractivity contribution is 0.224. The van der Waals surface area contributed by atoms with Gasteiger partial charge in [0.05, 0.1) is 3.79 Å². The van der Waals surface area contributed by atoms with Crippen molar-refractivity contribution in [2.75, 3.05) is 0 Å². The first-order valence-corrected chi connectivity index (χ1v) is 8.11. The molecular formula is C16H19BrOS. The van der Waals surface area contributed by atoms with Crippen LogP contribution >= 0.6 is 27.3 Å². The molecule has 19 heavy (non-hydrogen) atoms. The molecule has 0 spiro atoms. The molecule has 2 aromatic rings. The van der Waals surface area contributed by atoms with Crippen molar-refractivity contribution in [2.45, 2.75) is 33.3 Å². The largest absolute Gasteiger partial charge is 0.383 e. The van der Waals surface area contributed by atoms with Crippen LogP contribution in [0, 0.1) is 12.8 Å². The summed E-state index contributed by atoms with van der Waals surface area (Å²) < 4.78 is 1.10. The minimum atomic E-state index is -0.526. The second-order valence-corrected chi connectivity index (χ2v) is 7.75. The van der Waals surface area contributed by atoms with E-state index < -0.39 is 6.10 Å². The summed E-state index contributed by atoms with van der Waals surface area (Å²) in [6, 6.07) is 10.3. The molecule has 0 radical (unpaired) electrons. The van der Waals surface area contributed by atoms with Crippen LogP contribution in [-0.2, 0) is 6.42 Å². The fourth-order valence-corrected chi connectivity index (χ4v) is 3.73. The van der Waals surface area contributed by atoms with Gasteiger partial charge in [-0.15, -0.1) is 11.3 Å². The van der Waals surface area contributed by atoms with Crippen LogP contribution < -0.4 is 0 Å². The first kappa shape index (κ1) is 14.8. The maximum atomic E-state index is 10.5. The van der Waals surface area contributed by atoms with Gasteiger partial charge in [0.2, 0.25) is 0 Å². The molecule has 0 aliphatic heterocycles. The van der Waals surface area contributed by atoms with E-state index in [2.05, 4.69) is 48.0 Å². The molecule has 0 saturated carbocycles. The summed E-state index contributed by atoms with van der Waals surface area (Å²) in [4.78, 5) is 0.992. The second-order valence-electron chi connectivity index (χ2n) is 5.35. The predicted molar refractivity (Wildman–Crippen MR) is 85.8 cm³/mol. The first-order valence-electron chi connectivity index (χ1n) is 6.50. The van der Waals surface area contributed by atoms with Gasteiger partial charge < -0.3 is 5.11 Å². The van der Waals surface area contributed by atoms with Crippen molar-refractivity contribution >= 4 is 27.3 Å². The van der Waals surface area contributed by atoms with Gasteiger partial charge in [0, 0.05) is 4.88 Å². The number of aliphatic hydroxyl groups excluding tert-OH is 1. The van der Waals surface area contributed by atoms with Crippen LogP contribution in [-0.4, -0.2) is 5.11 Å². The summed E-state index contributed by atoms with van der Waals surface area (Å²) in [7, 11) is 0. The van der Waals surface area contributed by atoms with E-state index in [0.717, 1.165) is 20.6 Å². The van der Waals surface area contributed by atoms with Crippen molar-refractivity contribution < 1.29 is 5.11 Å². The lowest BCUT2D eigenvalue weighted by Crippen LogP contribution is -2.00. The minimum absolute atomic E-state index is 0.526. The van der Waals surface area contributed by atoms with Crippen LogP contribution in [0.15, 0.2) is 34.1 Å². The van der Waals surface area contributed by atoms with E-state index in [4.69, 9.17) is 0 Å². The third-order valence-corrected chi connectivity index (χ3v) is 5.25. The fraction of sp³-hybridized carbons (Fsp3) is 0.375. The number of rotatable bonds is 4. The van der Waals surface area contributed by atoms with Gasteiger partial charge in [-0.3, -0.25) is 0 Å². The average molecular weight is 339 g/mol. The lowest BCUT2D eigenvalue weighted by Gasteiger charge is -2.12. The Bertz CT molecular complexity index is 540. The Balaban J connectivity index is 2.25. The highest BCUT2D eigenvalue weighted by molar-refractivity contribution is 9.11. The van der Waals surface area contributed by atoms with Crippen molar-refractivity contribution in [3.05, 3.63) is 55.7 Å². The number of hydrogen-bond donors (Lipinski definition) is 1. The summed E-state index contributed by atoms with van der Waals surface area (Å²) in [5.41, 5.74) is 3.45. The van der Waals surface area contributed by atoms with E-state index in [0.29, 0.717) is 5.92 Å². The molecule has 1 aromatic heterocycles. The number of aliphatic hydroxyl groups is 1. The molecule has 0 saturated heterocycles. The Hall–Kier alpha value is -0.640. The predicted octanol–water partition coefficient (Wildman–Crippen LogP) is 5.10. The van der Waals surface area contributed by atoms with Gasteiger partial charge in [0.15, 0.2) is 0 Å². The SMILES string of the molecule is Cc1cc(C(O)c2cccc(CC(C)C)c2)sc1Br. The Morgan fingerprint density at radius 3 is 2.58 bits per heavy atom. The number of hydrogen-bond acceptors (Lipinski definition) is 2. The molecule has 0 amide bonds. The van der Waals surface area contributed by atoms with Crippen molar-refractivity contribution in [1.29, 1.82) is 0 Å². The topological polar surface area (TPSA) is 20.2 Å². The van der Waals surface area contributed by atoms with E-state index in [1.165, 1.54) is 11.1 Å². The molecule has 0 bridgehead atoms. The monoisotopic (exact) mass is 338 g/mol. The molecule has 102 valence electrons. The van der Waals surface area contributed by atoms with Crippen LogP contribution in [0.1, 0.15) is 41.5 Å². The molecule has 1 unspecified atom stereocenters. The van der Waals surface area contributed by atoms with Crippen molar-refractivity contribution in [2.24, 2.45) is 5.92 Å². The summed E-state index contributed by atoms with van der Waals surface area (Å²) in [5, 5.41) is 10.5. The summed E-state index contributed by atoms with van der Waals surface area (Å²) in [6.07, 6.45) is 0.524. The second kappa shape index (κ2) is 6.21. The minimum Gasteiger partial charge on any atom is -0.383 e. The number of benzene rings is 1. The number of halogens is 1. The van der Waals surface area contributed by atoms with Gasteiger partial charge in [0.1, 0.15) is 6.10 Å². The molecule has 1 heterocycles. The van der Waals surface area contributed by atoms with Crippen molar-refractivity contribution in [3.8, 4) is 0 Å². The smallest absolute Gasteiger partial charge is 0.113 e. The fourth-order valence-electron chi connectivity index (χ4n) is 2.14. The molecule has 1 atom stereocenters. The zero-order valence-electron chi connectivity index (χ0n) is 11.5. The van der Waals surface area contributed by atoms with Crippen LogP contribution in [0.2, 0.25) is 0 Å². The Morgan fingerprint density at radius 1 is 1.26 bits per heavy atom. The molecule has 0 fully saturated rings. The van der Waals surface area contributed by atoms with Gasteiger partial charge >= 0.3 is 0 Å². The van der Waals surface area contributed by atoms with Crippen LogP contribution in [0.4, 0.5) is 0 Å². The first-order chi connectivity index (χ1) is 8.97. The van der Waals surface area contributed by atoms with Crippen molar-refractivity contribution in [3.63, 3.8) is 0 Å². The molecule has 1 nitrogen and oxygen atoms in total. The normalized spacial score (nSPS) is 12.9. The molecule has 2 rings (SSSR count). The molecule has 0 aliphatic carbocycles. The number of aryl methyl sites for hydroxylation is 1. The zero-order valence-corrected chi connectivity index (χ0v) is 13.9. The van der Waals surface area contributed by atoms with Gasteiger partial charge in [-0.25, -0.2) is 0 Å². The highest BCUT2D eigenvalue weighted by Gasteiger charge is 2.15. The van der Waals surface area contributed by atoms with Crippen LogP contribution in [0.25, 0.3) is 0 Å². The van der Waals surface area contributed by atoms with Gasteiger partial charge in [0.25, 0.3) is 0 Å².